The van der Waals surface area contributed by atoms with E-state index in [1.165, 1.54) is 0 Å². The fraction of sp³-hybridized carbons (Fsp3) is 0.429. The van der Waals surface area contributed by atoms with E-state index in [9.17, 15) is 4.79 Å². The van der Waals surface area contributed by atoms with Crippen molar-refractivity contribution in [3.63, 3.8) is 0 Å². The Kier molecular flexibility index (Phi) is 3.90. The molecule has 1 aromatic carbocycles. The normalized spacial score (nSPS) is 16.6. The van der Waals surface area contributed by atoms with Gasteiger partial charge >= 0.3 is 0 Å². The Morgan fingerprint density at radius 3 is 2.95 bits per heavy atom. The molecule has 22 heavy (non-hydrogen) atoms. The Labute approximate surface area is 127 Å². The topological polar surface area (TPSA) is 91.2 Å². The van der Waals surface area contributed by atoms with Crippen molar-refractivity contribution >= 4 is 5.91 Å². The zero-order chi connectivity index (χ0) is 15.5. The highest BCUT2D eigenvalue weighted by Gasteiger charge is 2.27. The fourth-order valence-electron chi connectivity index (χ4n) is 2.16. The van der Waals surface area contributed by atoms with Crippen molar-refractivity contribution in [1.82, 2.24) is 25.5 Å². The van der Waals surface area contributed by atoms with Crippen molar-refractivity contribution < 1.29 is 14.3 Å². The highest BCUT2D eigenvalue weighted by Crippen LogP contribution is 2.30. The summed E-state index contributed by atoms with van der Waals surface area (Å²) in [5.41, 5.74) is 0. The Bertz CT molecular complexity index is 670. The molecule has 0 bridgehead atoms. The van der Waals surface area contributed by atoms with Gasteiger partial charge < -0.3 is 14.8 Å². The molecule has 0 aliphatic carbocycles. The van der Waals surface area contributed by atoms with E-state index in [0.717, 1.165) is 0 Å². The molecule has 1 aliphatic heterocycles. The fourth-order valence-corrected chi connectivity index (χ4v) is 2.16. The average Bonchev–Trinajstić information content (AvgIpc) is 3.01. The molecule has 1 N–H and O–H groups in total. The highest BCUT2D eigenvalue weighted by atomic mass is 16.6. The van der Waals surface area contributed by atoms with Crippen LogP contribution in [-0.2, 0) is 11.3 Å². The first kappa shape index (κ1) is 14.3. The van der Waals surface area contributed by atoms with Gasteiger partial charge in [0.05, 0.1) is 12.6 Å². The molecule has 8 heteroatoms. The summed E-state index contributed by atoms with van der Waals surface area (Å²) in [6.45, 7) is 4.36. The molecular formula is C14H17N5O3. The zero-order valence-electron chi connectivity index (χ0n) is 12.4. The molecule has 1 atom stereocenters. The molecule has 0 saturated heterocycles. The second-order valence-corrected chi connectivity index (χ2v) is 5.22. The lowest BCUT2D eigenvalue weighted by Crippen LogP contribution is -2.44. The molecule has 0 fully saturated rings. The van der Waals surface area contributed by atoms with Gasteiger partial charge in [0.15, 0.2) is 17.3 Å². The highest BCUT2D eigenvalue weighted by molar-refractivity contribution is 5.81. The van der Waals surface area contributed by atoms with Crippen LogP contribution in [0.5, 0.6) is 11.5 Å². The molecule has 1 amide bonds. The summed E-state index contributed by atoms with van der Waals surface area (Å²) in [7, 11) is 0. The summed E-state index contributed by atoms with van der Waals surface area (Å²) in [6, 6.07) is 7.39. The molecule has 3 rings (SSSR count). The SMILES string of the molecule is CC(C)n1nnnc1CNC(=O)[C@H]1COc2ccccc2O1. The number of tetrazole rings is 1. The van der Waals surface area contributed by atoms with Crippen molar-refractivity contribution in [2.45, 2.75) is 32.5 Å². The number of carbonyl (C=O) groups excluding carboxylic acids is 1. The van der Waals surface area contributed by atoms with E-state index in [2.05, 4.69) is 20.8 Å². The third kappa shape index (κ3) is 2.85. The number of hydrogen-bond acceptors (Lipinski definition) is 6. The van der Waals surface area contributed by atoms with Crippen molar-refractivity contribution in [3.8, 4) is 11.5 Å². The third-order valence-corrected chi connectivity index (χ3v) is 3.27. The number of nitrogens with zero attached hydrogens (tertiary/aromatic N) is 4. The van der Waals surface area contributed by atoms with E-state index in [1.807, 2.05) is 26.0 Å². The number of rotatable bonds is 4. The van der Waals surface area contributed by atoms with Gasteiger partial charge in [0, 0.05) is 0 Å². The molecule has 116 valence electrons. The van der Waals surface area contributed by atoms with Crippen LogP contribution in [0.15, 0.2) is 24.3 Å². The maximum atomic E-state index is 12.2. The quantitative estimate of drug-likeness (QED) is 0.894. The Morgan fingerprint density at radius 1 is 1.41 bits per heavy atom. The molecule has 0 unspecified atom stereocenters. The number of para-hydroxylation sites is 2. The largest absolute Gasteiger partial charge is 0.485 e. The molecule has 2 aromatic rings. The summed E-state index contributed by atoms with van der Waals surface area (Å²) in [5, 5.41) is 14.2. The second-order valence-electron chi connectivity index (χ2n) is 5.22. The van der Waals surface area contributed by atoms with Gasteiger partial charge in [-0.1, -0.05) is 12.1 Å². The smallest absolute Gasteiger partial charge is 0.265 e. The van der Waals surface area contributed by atoms with Gasteiger partial charge in [0.2, 0.25) is 6.10 Å². The van der Waals surface area contributed by atoms with Crippen LogP contribution in [0.25, 0.3) is 0 Å². The first-order valence-electron chi connectivity index (χ1n) is 7.08. The van der Waals surface area contributed by atoms with Gasteiger partial charge in [-0.25, -0.2) is 4.68 Å². The predicted molar refractivity (Wildman–Crippen MR) is 76.4 cm³/mol. The number of aromatic nitrogens is 4. The number of ether oxygens (including phenoxy) is 2. The summed E-state index contributed by atoms with van der Waals surface area (Å²) in [5.74, 6) is 1.56. The van der Waals surface area contributed by atoms with Crippen LogP contribution in [0, 0.1) is 0 Å². The standard InChI is InChI=1S/C14H17N5O3/c1-9(2)19-13(16-17-18-19)7-15-14(20)12-8-21-10-5-3-4-6-11(10)22-12/h3-6,9,12H,7-8H2,1-2H3,(H,15,20)/t12-/m1/s1. The van der Waals surface area contributed by atoms with Gasteiger partial charge in [-0.05, 0) is 36.4 Å². The first-order valence-corrected chi connectivity index (χ1v) is 7.08. The van der Waals surface area contributed by atoms with E-state index in [0.29, 0.717) is 17.3 Å². The molecule has 8 nitrogen and oxygen atoms in total. The zero-order valence-corrected chi connectivity index (χ0v) is 12.4. The van der Waals surface area contributed by atoms with Crippen LogP contribution in [0.1, 0.15) is 25.7 Å². The monoisotopic (exact) mass is 303 g/mol. The van der Waals surface area contributed by atoms with Crippen LogP contribution in [0.3, 0.4) is 0 Å². The van der Waals surface area contributed by atoms with Crippen LogP contribution >= 0.6 is 0 Å². The predicted octanol–water partition coefficient (Wildman–Crippen LogP) is 0.710. The average molecular weight is 303 g/mol. The van der Waals surface area contributed by atoms with Gasteiger partial charge in [-0.15, -0.1) is 5.10 Å². The third-order valence-electron chi connectivity index (χ3n) is 3.27. The van der Waals surface area contributed by atoms with E-state index in [-0.39, 0.29) is 25.1 Å². The molecule has 0 radical (unpaired) electrons. The van der Waals surface area contributed by atoms with Crippen LogP contribution in [-0.4, -0.2) is 38.8 Å². The van der Waals surface area contributed by atoms with Gasteiger partial charge in [0.25, 0.3) is 5.91 Å². The van der Waals surface area contributed by atoms with Crippen molar-refractivity contribution in [1.29, 1.82) is 0 Å². The minimum Gasteiger partial charge on any atom is -0.485 e. The molecule has 2 heterocycles. The Balaban J connectivity index is 1.60. The summed E-state index contributed by atoms with van der Waals surface area (Å²) >= 11 is 0. The van der Waals surface area contributed by atoms with E-state index in [1.54, 1.807) is 16.8 Å². The van der Waals surface area contributed by atoms with Gasteiger partial charge in [-0.3, -0.25) is 4.79 Å². The number of benzene rings is 1. The van der Waals surface area contributed by atoms with E-state index in [4.69, 9.17) is 9.47 Å². The van der Waals surface area contributed by atoms with E-state index < -0.39 is 6.10 Å². The first-order chi connectivity index (χ1) is 10.6. The Hall–Kier alpha value is -2.64. The summed E-state index contributed by atoms with van der Waals surface area (Å²) in [4.78, 5) is 12.2. The van der Waals surface area contributed by atoms with E-state index >= 15 is 0 Å². The molecule has 0 spiro atoms. The van der Waals surface area contributed by atoms with Gasteiger partial charge in [0.1, 0.15) is 6.61 Å². The number of hydrogen-bond donors (Lipinski definition) is 1. The molecule has 1 aliphatic rings. The molecule has 1 aromatic heterocycles. The minimum atomic E-state index is -0.682. The summed E-state index contributed by atoms with van der Waals surface area (Å²) < 4.78 is 12.8. The second kappa shape index (κ2) is 6.00. The number of fused-ring (bicyclic) bond motifs is 1. The van der Waals surface area contributed by atoms with Crippen LogP contribution in [0.4, 0.5) is 0 Å². The molecular weight excluding hydrogens is 286 g/mol. The lowest BCUT2D eigenvalue weighted by Gasteiger charge is -2.25. The lowest BCUT2D eigenvalue weighted by atomic mass is 10.2. The maximum Gasteiger partial charge on any atom is 0.265 e. The van der Waals surface area contributed by atoms with Crippen molar-refractivity contribution in [2.75, 3.05) is 6.61 Å². The number of amides is 1. The number of carbonyl (C=O) groups is 1. The Morgan fingerprint density at radius 2 is 2.18 bits per heavy atom. The van der Waals surface area contributed by atoms with Crippen LogP contribution < -0.4 is 14.8 Å². The maximum absolute atomic E-state index is 12.2. The van der Waals surface area contributed by atoms with Crippen LogP contribution in [0.2, 0.25) is 0 Å². The number of nitrogens with one attached hydrogen (secondary N) is 1. The lowest BCUT2D eigenvalue weighted by molar-refractivity contribution is -0.130. The van der Waals surface area contributed by atoms with Crippen molar-refractivity contribution in [3.05, 3.63) is 30.1 Å². The van der Waals surface area contributed by atoms with Crippen molar-refractivity contribution in [2.24, 2.45) is 0 Å². The molecule has 0 saturated carbocycles. The van der Waals surface area contributed by atoms with Gasteiger partial charge in [-0.2, -0.15) is 0 Å². The minimum absolute atomic E-state index is 0.128. The summed E-state index contributed by atoms with van der Waals surface area (Å²) in [6.07, 6.45) is -0.682.